The van der Waals surface area contributed by atoms with Crippen molar-refractivity contribution in [3.8, 4) is 5.75 Å². The molecule has 0 radical (unpaired) electrons. The van der Waals surface area contributed by atoms with Gasteiger partial charge in [-0.15, -0.1) is 11.3 Å². The second-order valence-corrected chi connectivity index (χ2v) is 9.06. The number of rotatable bonds is 5. The number of aromatic amines is 1. The van der Waals surface area contributed by atoms with Crippen molar-refractivity contribution in [3.05, 3.63) is 61.1 Å². The van der Waals surface area contributed by atoms with Crippen LogP contribution in [-0.4, -0.2) is 17.1 Å². The SMILES string of the molecule is O=c1[nH]ccc2cc(OC3CCC(NCc4ccc(Cl)s4)CC3)c(Cl)cc12. The molecule has 0 atom stereocenters. The first-order valence-electron chi connectivity index (χ1n) is 9.04. The summed E-state index contributed by atoms with van der Waals surface area (Å²) in [5.41, 5.74) is -0.139. The fraction of sp³-hybridized carbons (Fsp3) is 0.350. The standard InChI is InChI=1S/C20H20Cl2N2O2S/c21-17-10-16-12(7-8-23-20(16)25)9-18(17)26-14-3-1-13(2-4-14)24-11-15-5-6-19(22)27-15/h5-10,13-14,24H,1-4,11H2,(H,23,25). The minimum Gasteiger partial charge on any atom is -0.489 e. The molecule has 142 valence electrons. The summed E-state index contributed by atoms with van der Waals surface area (Å²) >= 11 is 13.9. The minimum atomic E-state index is -0.139. The van der Waals surface area contributed by atoms with Gasteiger partial charge in [-0.05, 0) is 61.4 Å². The van der Waals surface area contributed by atoms with E-state index in [0.717, 1.165) is 42.0 Å². The van der Waals surface area contributed by atoms with Crippen molar-refractivity contribution in [2.75, 3.05) is 0 Å². The van der Waals surface area contributed by atoms with E-state index < -0.39 is 0 Å². The average Bonchev–Trinajstić information content (AvgIpc) is 3.08. The summed E-state index contributed by atoms with van der Waals surface area (Å²) < 4.78 is 6.99. The van der Waals surface area contributed by atoms with Crippen LogP contribution in [0.2, 0.25) is 9.36 Å². The summed E-state index contributed by atoms with van der Waals surface area (Å²) in [4.78, 5) is 15.8. The van der Waals surface area contributed by atoms with Crippen LogP contribution in [0, 0.1) is 0 Å². The average molecular weight is 423 g/mol. The summed E-state index contributed by atoms with van der Waals surface area (Å²) in [5.74, 6) is 0.652. The highest BCUT2D eigenvalue weighted by Crippen LogP contribution is 2.32. The Morgan fingerprint density at radius 1 is 1.15 bits per heavy atom. The van der Waals surface area contributed by atoms with Gasteiger partial charge in [0.2, 0.25) is 0 Å². The molecule has 1 aromatic carbocycles. The highest BCUT2D eigenvalue weighted by Gasteiger charge is 2.23. The van der Waals surface area contributed by atoms with Crippen molar-refractivity contribution in [1.82, 2.24) is 10.3 Å². The highest BCUT2D eigenvalue weighted by atomic mass is 35.5. The van der Waals surface area contributed by atoms with E-state index in [1.165, 1.54) is 4.88 Å². The fourth-order valence-corrected chi connectivity index (χ4v) is 4.78. The van der Waals surface area contributed by atoms with Gasteiger partial charge in [0, 0.05) is 29.0 Å². The number of benzene rings is 1. The van der Waals surface area contributed by atoms with Gasteiger partial charge in [0.25, 0.3) is 5.56 Å². The number of pyridine rings is 1. The number of aromatic nitrogens is 1. The first kappa shape index (κ1) is 18.8. The highest BCUT2D eigenvalue weighted by molar-refractivity contribution is 7.16. The Hall–Kier alpha value is -1.53. The second-order valence-electron chi connectivity index (χ2n) is 6.85. The zero-order chi connectivity index (χ0) is 18.8. The zero-order valence-electron chi connectivity index (χ0n) is 14.6. The third kappa shape index (κ3) is 4.49. The Morgan fingerprint density at radius 2 is 1.96 bits per heavy atom. The molecule has 1 saturated carbocycles. The molecular formula is C20H20Cl2N2O2S. The fourth-order valence-electron chi connectivity index (χ4n) is 3.53. The number of hydrogen-bond donors (Lipinski definition) is 2. The van der Waals surface area contributed by atoms with Crippen molar-refractivity contribution in [1.29, 1.82) is 0 Å². The van der Waals surface area contributed by atoms with Crippen LogP contribution in [0.25, 0.3) is 10.8 Å². The zero-order valence-corrected chi connectivity index (χ0v) is 17.0. The van der Waals surface area contributed by atoms with Gasteiger partial charge in [0.05, 0.1) is 15.5 Å². The third-order valence-electron chi connectivity index (χ3n) is 4.99. The Labute approximate surface area is 171 Å². The number of thiophene rings is 1. The topological polar surface area (TPSA) is 54.1 Å². The lowest BCUT2D eigenvalue weighted by molar-refractivity contribution is 0.139. The number of H-pyrrole nitrogens is 1. The van der Waals surface area contributed by atoms with E-state index in [1.807, 2.05) is 18.2 Å². The van der Waals surface area contributed by atoms with E-state index in [9.17, 15) is 4.79 Å². The lowest BCUT2D eigenvalue weighted by atomic mass is 9.93. The predicted octanol–water partition coefficient (Wildman–Crippen LogP) is 5.38. The molecule has 0 bridgehead atoms. The number of hydrogen-bond acceptors (Lipinski definition) is 4. The van der Waals surface area contributed by atoms with E-state index in [0.29, 0.717) is 22.2 Å². The van der Waals surface area contributed by atoms with Crippen LogP contribution < -0.4 is 15.6 Å². The van der Waals surface area contributed by atoms with E-state index in [-0.39, 0.29) is 11.7 Å². The molecule has 0 amide bonds. The first-order valence-corrected chi connectivity index (χ1v) is 10.6. The molecule has 7 heteroatoms. The molecule has 0 spiro atoms. The predicted molar refractivity (Wildman–Crippen MR) is 112 cm³/mol. The molecule has 2 aromatic heterocycles. The Kier molecular flexibility index (Phi) is 5.74. The molecule has 0 unspecified atom stereocenters. The molecule has 2 heterocycles. The van der Waals surface area contributed by atoms with Gasteiger partial charge < -0.3 is 15.0 Å². The molecule has 0 aliphatic heterocycles. The van der Waals surface area contributed by atoms with Gasteiger partial charge in [-0.2, -0.15) is 0 Å². The summed E-state index contributed by atoms with van der Waals surface area (Å²) in [6.07, 6.45) is 5.87. The van der Waals surface area contributed by atoms with E-state index in [4.69, 9.17) is 27.9 Å². The monoisotopic (exact) mass is 422 g/mol. The van der Waals surface area contributed by atoms with Gasteiger partial charge in [-0.25, -0.2) is 0 Å². The molecule has 27 heavy (non-hydrogen) atoms. The summed E-state index contributed by atoms with van der Waals surface area (Å²) in [7, 11) is 0. The molecular weight excluding hydrogens is 403 g/mol. The first-order chi connectivity index (χ1) is 13.1. The van der Waals surface area contributed by atoms with E-state index in [2.05, 4.69) is 16.4 Å². The van der Waals surface area contributed by atoms with Gasteiger partial charge in [-0.3, -0.25) is 4.79 Å². The van der Waals surface area contributed by atoms with Crippen LogP contribution >= 0.6 is 34.5 Å². The quantitative estimate of drug-likeness (QED) is 0.580. The summed E-state index contributed by atoms with van der Waals surface area (Å²) in [6.45, 7) is 0.860. The second kappa shape index (κ2) is 8.23. The van der Waals surface area contributed by atoms with E-state index >= 15 is 0 Å². The molecule has 2 N–H and O–H groups in total. The molecule has 4 rings (SSSR count). The Bertz CT molecular complexity index is 993. The number of fused-ring (bicyclic) bond motifs is 1. The largest absolute Gasteiger partial charge is 0.489 e. The minimum absolute atomic E-state index is 0.139. The molecule has 1 aliphatic carbocycles. The maximum absolute atomic E-state index is 11.9. The van der Waals surface area contributed by atoms with Crippen LogP contribution in [-0.2, 0) is 6.54 Å². The molecule has 3 aromatic rings. The van der Waals surface area contributed by atoms with Crippen molar-refractivity contribution in [2.24, 2.45) is 0 Å². The molecule has 1 aliphatic rings. The van der Waals surface area contributed by atoms with Crippen molar-refractivity contribution in [2.45, 2.75) is 44.4 Å². The Balaban J connectivity index is 1.34. The van der Waals surface area contributed by atoms with Gasteiger partial charge in [-0.1, -0.05) is 23.2 Å². The molecule has 0 saturated heterocycles. The van der Waals surface area contributed by atoms with Crippen LogP contribution in [0.4, 0.5) is 0 Å². The maximum atomic E-state index is 11.9. The normalized spacial score (nSPS) is 20.1. The summed E-state index contributed by atoms with van der Waals surface area (Å²) in [6, 6.07) is 9.91. The van der Waals surface area contributed by atoms with Crippen LogP contribution in [0.15, 0.2) is 41.3 Å². The lowest BCUT2D eigenvalue weighted by Crippen LogP contribution is -2.35. The number of nitrogens with one attached hydrogen (secondary N) is 2. The van der Waals surface area contributed by atoms with Crippen molar-refractivity contribution < 1.29 is 4.74 Å². The van der Waals surface area contributed by atoms with Crippen LogP contribution in [0.3, 0.4) is 0 Å². The van der Waals surface area contributed by atoms with E-state index in [1.54, 1.807) is 23.6 Å². The van der Waals surface area contributed by atoms with Gasteiger partial charge in [0.15, 0.2) is 0 Å². The summed E-state index contributed by atoms with van der Waals surface area (Å²) in [5, 5.41) is 5.51. The molecule has 1 fully saturated rings. The van der Waals surface area contributed by atoms with Gasteiger partial charge >= 0.3 is 0 Å². The Morgan fingerprint density at radius 3 is 2.70 bits per heavy atom. The number of halogens is 2. The maximum Gasteiger partial charge on any atom is 0.255 e. The molecule has 4 nitrogen and oxygen atoms in total. The smallest absolute Gasteiger partial charge is 0.255 e. The van der Waals surface area contributed by atoms with Crippen molar-refractivity contribution >= 4 is 45.3 Å². The van der Waals surface area contributed by atoms with Crippen molar-refractivity contribution in [3.63, 3.8) is 0 Å². The van der Waals surface area contributed by atoms with Gasteiger partial charge in [0.1, 0.15) is 5.75 Å². The van der Waals surface area contributed by atoms with Crippen LogP contribution in [0.5, 0.6) is 5.75 Å². The third-order valence-corrected chi connectivity index (χ3v) is 6.51. The lowest BCUT2D eigenvalue weighted by Gasteiger charge is -2.30. The number of ether oxygens (including phenoxy) is 1. The van der Waals surface area contributed by atoms with Crippen LogP contribution in [0.1, 0.15) is 30.6 Å².